The van der Waals surface area contributed by atoms with E-state index in [0.29, 0.717) is 0 Å². The molecule has 10 aromatic carbocycles. The summed E-state index contributed by atoms with van der Waals surface area (Å²) in [4.78, 5) is 0. The van der Waals surface area contributed by atoms with Crippen molar-refractivity contribution in [3.05, 3.63) is 206 Å². The van der Waals surface area contributed by atoms with E-state index in [2.05, 4.69) is 206 Å². The Morgan fingerprint density at radius 2 is 0.611 bits per heavy atom. The van der Waals surface area contributed by atoms with Crippen LogP contribution in [0.3, 0.4) is 0 Å². The van der Waals surface area contributed by atoms with E-state index >= 15 is 0 Å². The van der Waals surface area contributed by atoms with Gasteiger partial charge in [-0.05, 0) is 134 Å². The first kappa shape index (κ1) is 30.6. The van der Waals surface area contributed by atoms with Crippen molar-refractivity contribution in [2.24, 2.45) is 0 Å². The third kappa shape index (κ3) is 4.78. The van der Waals surface area contributed by atoms with Gasteiger partial charge in [-0.25, -0.2) is 0 Å². The van der Waals surface area contributed by atoms with E-state index in [-0.39, 0.29) is 0 Å². The molecule has 0 amide bonds. The number of benzene rings is 10. The summed E-state index contributed by atoms with van der Waals surface area (Å²) in [7, 11) is 0. The van der Waals surface area contributed by atoms with Crippen molar-refractivity contribution in [2.75, 3.05) is 0 Å². The van der Waals surface area contributed by atoms with E-state index in [1.165, 1.54) is 110 Å². The third-order valence-corrected chi connectivity index (χ3v) is 11.4. The van der Waals surface area contributed by atoms with Crippen molar-refractivity contribution in [3.8, 4) is 77.9 Å². The van der Waals surface area contributed by atoms with Crippen molar-refractivity contribution in [1.29, 1.82) is 0 Å². The van der Waals surface area contributed by atoms with E-state index < -0.39 is 0 Å². The van der Waals surface area contributed by atoms with E-state index in [1.54, 1.807) is 0 Å². The van der Waals surface area contributed by atoms with Crippen LogP contribution >= 0.6 is 0 Å². The molecule has 0 spiro atoms. The molecule has 0 bridgehead atoms. The first-order chi connectivity index (χ1) is 26.8. The van der Waals surface area contributed by atoms with Gasteiger partial charge in [0.1, 0.15) is 0 Å². The summed E-state index contributed by atoms with van der Waals surface area (Å²) in [6, 6.07) is 76.2. The maximum Gasteiger partial charge on any atom is -0.000764 e. The van der Waals surface area contributed by atoms with E-state index in [4.69, 9.17) is 0 Å². The normalized spacial score (nSPS) is 11.7. The highest BCUT2D eigenvalue weighted by Crippen LogP contribution is 2.57. The Morgan fingerprint density at radius 3 is 1.19 bits per heavy atom. The van der Waals surface area contributed by atoms with Gasteiger partial charge in [-0.1, -0.05) is 182 Å². The van der Waals surface area contributed by atoms with Gasteiger partial charge in [0.15, 0.2) is 0 Å². The first-order valence-corrected chi connectivity index (χ1v) is 18.8. The summed E-state index contributed by atoms with van der Waals surface area (Å²) in [6.07, 6.45) is 0. The molecule has 0 fully saturated rings. The quantitative estimate of drug-likeness (QED) is 0.169. The zero-order valence-corrected chi connectivity index (χ0v) is 29.6. The standard InChI is InChI=1S/C54H34/c1-3-15-37(16-4-1)49-34-50(52(39-19-5-2-6-20-39)54-48-30-14-24-38-23-13-29-47(51(38)48)53(49)54)42-32-40(45-27-11-21-35-17-7-9-25-43(35)45)31-41(33-42)46-28-12-22-36-18-8-10-26-44(36)46/h1-34H. The van der Waals surface area contributed by atoms with Gasteiger partial charge in [0.05, 0.1) is 0 Å². The lowest BCUT2D eigenvalue weighted by Crippen LogP contribution is -1.95. The zero-order chi connectivity index (χ0) is 35.6. The van der Waals surface area contributed by atoms with Crippen LogP contribution in [0.2, 0.25) is 0 Å². The number of rotatable bonds is 5. The third-order valence-electron chi connectivity index (χ3n) is 11.4. The molecule has 11 rings (SSSR count). The fourth-order valence-corrected chi connectivity index (χ4v) is 9.02. The van der Waals surface area contributed by atoms with E-state index in [0.717, 1.165) is 0 Å². The minimum absolute atomic E-state index is 1.20. The molecule has 54 heavy (non-hydrogen) atoms. The average molecular weight is 683 g/mol. The smallest absolute Gasteiger partial charge is 0.000764 e. The van der Waals surface area contributed by atoms with Gasteiger partial charge < -0.3 is 0 Å². The second-order valence-corrected chi connectivity index (χ2v) is 14.4. The Labute approximate surface area is 315 Å². The highest BCUT2D eigenvalue weighted by molar-refractivity contribution is 6.23. The molecule has 10 aromatic rings. The summed E-state index contributed by atoms with van der Waals surface area (Å²) < 4.78 is 0. The predicted molar refractivity (Wildman–Crippen MR) is 231 cm³/mol. The summed E-state index contributed by atoms with van der Waals surface area (Å²) >= 11 is 0. The van der Waals surface area contributed by atoms with Crippen molar-refractivity contribution in [2.45, 2.75) is 0 Å². The van der Waals surface area contributed by atoms with Gasteiger partial charge in [-0.15, -0.1) is 0 Å². The predicted octanol–water partition coefficient (Wildman–Crippen LogP) is 15.1. The second-order valence-electron chi connectivity index (χ2n) is 14.4. The molecule has 0 unspecified atom stereocenters. The molecule has 0 saturated heterocycles. The molecule has 0 heteroatoms. The highest BCUT2D eigenvalue weighted by Gasteiger charge is 2.30. The van der Waals surface area contributed by atoms with Crippen molar-refractivity contribution in [1.82, 2.24) is 0 Å². The van der Waals surface area contributed by atoms with Crippen LogP contribution in [-0.2, 0) is 0 Å². The Morgan fingerprint density at radius 1 is 0.204 bits per heavy atom. The fraction of sp³-hybridized carbons (Fsp3) is 0. The van der Waals surface area contributed by atoms with E-state index in [1.807, 2.05) is 0 Å². The minimum Gasteiger partial charge on any atom is -0.0622 e. The van der Waals surface area contributed by atoms with Crippen molar-refractivity contribution >= 4 is 32.3 Å². The Bertz CT molecular complexity index is 2960. The molecule has 250 valence electrons. The van der Waals surface area contributed by atoms with Gasteiger partial charge in [-0.3, -0.25) is 0 Å². The number of fused-ring (bicyclic) bond motifs is 5. The molecule has 0 nitrogen and oxygen atoms in total. The lowest BCUT2D eigenvalue weighted by atomic mass is 9.81. The maximum atomic E-state index is 2.48. The lowest BCUT2D eigenvalue weighted by molar-refractivity contribution is 1.55. The van der Waals surface area contributed by atoms with Crippen LogP contribution in [0.25, 0.3) is 110 Å². The minimum atomic E-state index is 1.20. The molecule has 1 aliphatic rings. The maximum absolute atomic E-state index is 2.48. The summed E-state index contributed by atoms with van der Waals surface area (Å²) in [5.74, 6) is 0. The van der Waals surface area contributed by atoms with Crippen LogP contribution in [0.5, 0.6) is 0 Å². The van der Waals surface area contributed by atoms with Crippen LogP contribution in [-0.4, -0.2) is 0 Å². The van der Waals surface area contributed by atoms with Gasteiger partial charge in [0.2, 0.25) is 0 Å². The molecule has 0 radical (unpaired) electrons. The van der Waals surface area contributed by atoms with Crippen LogP contribution < -0.4 is 0 Å². The Hall–Kier alpha value is -7.02. The second kappa shape index (κ2) is 12.3. The van der Waals surface area contributed by atoms with Crippen LogP contribution in [0, 0.1) is 0 Å². The monoisotopic (exact) mass is 682 g/mol. The van der Waals surface area contributed by atoms with Gasteiger partial charge in [0.25, 0.3) is 0 Å². The number of hydrogen-bond acceptors (Lipinski definition) is 0. The lowest BCUT2D eigenvalue weighted by Gasteiger charge is -2.22. The van der Waals surface area contributed by atoms with Crippen LogP contribution in [0.15, 0.2) is 206 Å². The van der Waals surface area contributed by atoms with Crippen molar-refractivity contribution < 1.29 is 0 Å². The van der Waals surface area contributed by atoms with Gasteiger partial charge >= 0.3 is 0 Å². The SMILES string of the molecule is c1ccc(-c2cc(-c3cc(-c4cccc5ccccc45)cc(-c4cccc5ccccc45)c3)c(-c3ccccc3)c3c2-c2cccc4cccc-3c24)cc1. The topological polar surface area (TPSA) is 0 Å². The van der Waals surface area contributed by atoms with Crippen LogP contribution in [0.4, 0.5) is 0 Å². The molecule has 0 heterocycles. The molecule has 0 N–H and O–H groups in total. The summed E-state index contributed by atoms with van der Waals surface area (Å²) in [6.45, 7) is 0. The molecular formula is C54H34. The first-order valence-electron chi connectivity index (χ1n) is 18.8. The average Bonchev–Trinajstić information content (AvgIpc) is 3.58. The summed E-state index contributed by atoms with van der Waals surface area (Å²) in [5, 5.41) is 7.61. The summed E-state index contributed by atoms with van der Waals surface area (Å²) in [5.41, 5.74) is 17.5. The molecule has 0 aliphatic heterocycles. The van der Waals surface area contributed by atoms with Gasteiger partial charge in [-0.2, -0.15) is 0 Å². The molecular weight excluding hydrogens is 649 g/mol. The molecule has 0 saturated carbocycles. The fourth-order valence-electron chi connectivity index (χ4n) is 9.02. The Kier molecular flexibility index (Phi) is 6.97. The number of hydrogen-bond donors (Lipinski definition) is 0. The van der Waals surface area contributed by atoms with Crippen molar-refractivity contribution in [3.63, 3.8) is 0 Å². The van der Waals surface area contributed by atoms with Gasteiger partial charge in [0, 0.05) is 0 Å². The van der Waals surface area contributed by atoms with E-state index in [9.17, 15) is 0 Å². The molecule has 1 aliphatic carbocycles. The zero-order valence-electron chi connectivity index (χ0n) is 29.6. The molecule has 0 atom stereocenters. The van der Waals surface area contributed by atoms with Crippen LogP contribution in [0.1, 0.15) is 0 Å². The Balaban J connectivity index is 1.30. The largest absolute Gasteiger partial charge is 0.0622 e. The molecule has 0 aromatic heterocycles. The highest BCUT2D eigenvalue weighted by atomic mass is 14.3.